The molecular weight excluding hydrogens is 562 g/mol. The van der Waals surface area contributed by atoms with Gasteiger partial charge in [0.05, 0.1) is 29.8 Å². The lowest BCUT2D eigenvalue weighted by Crippen LogP contribution is -2.22. The van der Waals surface area contributed by atoms with Crippen LogP contribution in [0.1, 0.15) is 45.5 Å². The van der Waals surface area contributed by atoms with Crippen LogP contribution in [0.2, 0.25) is 5.02 Å². The highest BCUT2D eigenvalue weighted by Crippen LogP contribution is 2.43. The molecule has 0 N–H and O–H groups in total. The van der Waals surface area contributed by atoms with Crippen LogP contribution >= 0.6 is 43.5 Å². The van der Waals surface area contributed by atoms with Crippen molar-refractivity contribution in [1.29, 1.82) is 0 Å². The van der Waals surface area contributed by atoms with Crippen LogP contribution in [0.25, 0.3) is 10.9 Å². The molecule has 0 spiro atoms. The van der Waals surface area contributed by atoms with Crippen molar-refractivity contribution in [3.05, 3.63) is 60.0 Å². The van der Waals surface area contributed by atoms with Crippen molar-refractivity contribution in [2.75, 3.05) is 6.61 Å². The van der Waals surface area contributed by atoms with E-state index in [1.165, 1.54) is 4.68 Å². The molecule has 3 aromatic rings. The number of aryl methyl sites for hydroxylation is 1. The van der Waals surface area contributed by atoms with Gasteiger partial charge < -0.3 is 9.47 Å². The number of hydrogen-bond acceptors (Lipinski definition) is 5. The van der Waals surface area contributed by atoms with Gasteiger partial charge in [0.15, 0.2) is 11.5 Å². The van der Waals surface area contributed by atoms with E-state index in [0.29, 0.717) is 56.3 Å². The van der Waals surface area contributed by atoms with Gasteiger partial charge in [-0.05, 0) is 60.5 Å². The van der Waals surface area contributed by atoms with Gasteiger partial charge in [0, 0.05) is 20.9 Å². The molecule has 2 aromatic carbocycles. The highest BCUT2D eigenvalue weighted by Gasteiger charge is 2.19. The fraction of sp³-hybridized carbons (Fsp3) is 0.348. The molecule has 0 unspecified atom stereocenters. The predicted octanol–water partition coefficient (Wildman–Crippen LogP) is 6.60. The molecule has 1 aromatic heterocycles. The van der Waals surface area contributed by atoms with Gasteiger partial charge in [0.2, 0.25) is 0 Å². The van der Waals surface area contributed by atoms with Gasteiger partial charge in [0.1, 0.15) is 10.8 Å². The van der Waals surface area contributed by atoms with Crippen molar-refractivity contribution in [2.24, 2.45) is 5.10 Å². The Hall–Kier alpha value is -1.90. The number of rotatable bonds is 8. The van der Waals surface area contributed by atoms with E-state index >= 15 is 0 Å². The van der Waals surface area contributed by atoms with E-state index in [0.717, 1.165) is 10.9 Å². The summed E-state index contributed by atoms with van der Waals surface area (Å²) in [6.07, 6.45) is 2.92. The summed E-state index contributed by atoms with van der Waals surface area (Å²) in [6.45, 7) is 8.28. The highest BCUT2D eigenvalue weighted by atomic mass is 79.9. The molecule has 0 amide bonds. The summed E-state index contributed by atoms with van der Waals surface area (Å²) in [5, 5.41) is 5.33. The van der Waals surface area contributed by atoms with Crippen molar-refractivity contribution in [3.8, 4) is 11.5 Å². The summed E-state index contributed by atoms with van der Waals surface area (Å²) < 4.78 is 14.5. The fourth-order valence-corrected chi connectivity index (χ4v) is 4.02. The molecule has 0 aliphatic heterocycles. The van der Waals surface area contributed by atoms with Crippen LogP contribution in [0.15, 0.2) is 43.1 Å². The lowest BCUT2D eigenvalue weighted by molar-refractivity contribution is 0.203. The normalized spacial score (nSPS) is 12.5. The molecule has 0 bridgehead atoms. The zero-order valence-corrected chi connectivity index (χ0v) is 22.2. The molecule has 0 saturated carbocycles. The Kier molecular flexibility index (Phi) is 8.36. The van der Waals surface area contributed by atoms with Crippen LogP contribution in [-0.4, -0.2) is 28.6 Å². The Morgan fingerprint density at radius 2 is 2.00 bits per heavy atom. The highest BCUT2D eigenvalue weighted by molar-refractivity contribution is 9.10. The summed E-state index contributed by atoms with van der Waals surface area (Å²) in [7, 11) is 0. The Balaban J connectivity index is 2.12. The molecule has 170 valence electrons. The summed E-state index contributed by atoms with van der Waals surface area (Å²) in [6, 6.07) is 7.22. The van der Waals surface area contributed by atoms with E-state index in [4.69, 9.17) is 21.1 Å². The minimum Gasteiger partial charge on any atom is -0.490 e. The summed E-state index contributed by atoms with van der Waals surface area (Å²) in [5.74, 6) is 1.56. The molecular formula is C23H24Br2ClN3O3. The second-order valence-electron chi connectivity index (χ2n) is 7.10. The van der Waals surface area contributed by atoms with E-state index in [1.807, 2.05) is 39.8 Å². The first kappa shape index (κ1) is 24.7. The number of halogens is 3. The van der Waals surface area contributed by atoms with Gasteiger partial charge in [-0.2, -0.15) is 9.78 Å². The average molecular weight is 586 g/mol. The third kappa shape index (κ3) is 5.18. The molecule has 32 heavy (non-hydrogen) atoms. The molecule has 1 heterocycles. The Morgan fingerprint density at radius 1 is 1.25 bits per heavy atom. The van der Waals surface area contributed by atoms with Crippen molar-refractivity contribution >= 4 is 60.6 Å². The number of ether oxygens (including phenoxy) is 2. The minimum atomic E-state index is -0.242. The first-order valence-corrected chi connectivity index (χ1v) is 12.3. The second kappa shape index (κ2) is 10.8. The maximum Gasteiger partial charge on any atom is 0.282 e. The number of nitrogens with zero attached hydrogens (tertiary/aromatic N) is 3. The summed E-state index contributed by atoms with van der Waals surface area (Å²) >= 11 is 13.6. The van der Waals surface area contributed by atoms with Gasteiger partial charge in [-0.15, -0.1) is 0 Å². The van der Waals surface area contributed by atoms with Crippen molar-refractivity contribution in [3.63, 3.8) is 0 Å². The number of benzene rings is 2. The molecule has 0 radical (unpaired) electrons. The average Bonchev–Trinajstić information content (AvgIpc) is 2.78. The topological polar surface area (TPSA) is 65.7 Å². The molecule has 1 atom stereocenters. The molecule has 0 aliphatic rings. The standard InChI is InChI=1S/C23H24Br2ClN3O3/c1-5-13(4)32-22-18(31-7-3)10-14(20(25)21(22)26)12-27-29-19(6-2)28-17-9-8-15(24)11-16(17)23(29)30/h8-13H,5-7H2,1-4H3/t13-/m0/s1. The maximum absolute atomic E-state index is 13.1. The first-order valence-electron chi connectivity index (χ1n) is 10.4. The van der Waals surface area contributed by atoms with Crippen LogP contribution < -0.4 is 15.0 Å². The van der Waals surface area contributed by atoms with E-state index in [1.54, 1.807) is 18.3 Å². The smallest absolute Gasteiger partial charge is 0.282 e. The maximum atomic E-state index is 13.1. The zero-order chi connectivity index (χ0) is 23.4. The van der Waals surface area contributed by atoms with E-state index in [9.17, 15) is 4.79 Å². The van der Waals surface area contributed by atoms with Crippen molar-refractivity contribution < 1.29 is 9.47 Å². The quantitative estimate of drug-likeness (QED) is 0.280. The molecule has 6 nitrogen and oxygen atoms in total. The first-order chi connectivity index (χ1) is 15.3. The van der Waals surface area contributed by atoms with Gasteiger partial charge in [-0.3, -0.25) is 4.79 Å². The number of hydrogen-bond donors (Lipinski definition) is 0. The SMILES string of the molecule is CCOc1cc(C=Nn2c(CC)nc3ccc(Br)cc3c2=O)c(Br)c(Cl)c1O[C@@H](C)CC. The molecule has 0 saturated heterocycles. The lowest BCUT2D eigenvalue weighted by Gasteiger charge is -2.19. The van der Waals surface area contributed by atoms with Gasteiger partial charge in [-0.25, -0.2) is 4.98 Å². The zero-order valence-electron chi connectivity index (χ0n) is 18.3. The lowest BCUT2D eigenvalue weighted by atomic mass is 10.2. The van der Waals surface area contributed by atoms with Crippen molar-refractivity contribution in [2.45, 2.75) is 46.6 Å². The van der Waals surface area contributed by atoms with Gasteiger partial charge >= 0.3 is 0 Å². The summed E-state index contributed by atoms with van der Waals surface area (Å²) in [4.78, 5) is 17.7. The van der Waals surface area contributed by atoms with E-state index < -0.39 is 0 Å². The molecule has 0 fully saturated rings. The Bertz CT molecular complexity index is 1230. The predicted molar refractivity (Wildman–Crippen MR) is 137 cm³/mol. The molecule has 0 aliphatic carbocycles. The monoisotopic (exact) mass is 583 g/mol. The van der Waals surface area contributed by atoms with Crippen LogP contribution in [0, 0.1) is 0 Å². The number of fused-ring (bicyclic) bond motifs is 1. The van der Waals surface area contributed by atoms with Crippen molar-refractivity contribution in [1.82, 2.24) is 9.66 Å². The van der Waals surface area contributed by atoms with Crippen LogP contribution in [0.5, 0.6) is 11.5 Å². The van der Waals surface area contributed by atoms with Crippen LogP contribution in [0.4, 0.5) is 0 Å². The van der Waals surface area contributed by atoms with Gasteiger partial charge in [-0.1, -0.05) is 41.4 Å². The third-order valence-corrected chi connectivity index (χ3v) is 6.79. The van der Waals surface area contributed by atoms with E-state index in [-0.39, 0.29) is 11.7 Å². The molecule has 3 rings (SSSR count). The van der Waals surface area contributed by atoms with Gasteiger partial charge in [0.25, 0.3) is 5.56 Å². The molecule has 9 heteroatoms. The van der Waals surface area contributed by atoms with Crippen LogP contribution in [-0.2, 0) is 6.42 Å². The largest absolute Gasteiger partial charge is 0.490 e. The number of aromatic nitrogens is 2. The third-order valence-electron chi connectivity index (χ3n) is 4.85. The fourth-order valence-electron chi connectivity index (χ4n) is 3.02. The van der Waals surface area contributed by atoms with Crippen LogP contribution in [0.3, 0.4) is 0 Å². The van der Waals surface area contributed by atoms with E-state index in [2.05, 4.69) is 41.9 Å². The Morgan fingerprint density at radius 3 is 2.66 bits per heavy atom. The second-order valence-corrected chi connectivity index (χ2v) is 9.18. The Labute approximate surface area is 208 Å². The minimum absolute atomic E-state index is 0.0215. The summed E-state index contributed by atoms with van der Waals surface area (Å²) in [5.41, 5.74) is 1.04.